The van der Waals surface area contributed by atoms with Gasteiger partial charge in [-0.15, -0.1) is 0 Å². The fraction of sp³-hybridized carbons (Fsp3) is 0.318. The predicted molar refractivity (Wildman–Crippen MR) is 108 cm³/mol. The van der Waals surface area contributed by atoms with Crippen molar-refractivity contribution < 1.29 is 4.79 Å². The maximum Gasteiger partial charge on any atom is 0.269 e. The van der Waals surface area contributed by atoms with Crippen LogP contribution in [0.3, 0.4) is 0 Å². The molecule has 0 spiro atoms. The lowest BCUT2D eigenvalue weighted by Gasteiger charge is -2.41. The highest BCUT2D eigenvalue weighted by atomic mass is 16.1. The van der Waals surface area contributed by atoms with E-state index in [0.29, 0.717) is 12.2 Å². The van der Waals surface area contributed by atoms with Gasteiger partial charge < -0.3 is 9.88 Å². The molecule has 0 saturated heterocycles. The molecule has 28 heavy (non-hydrogen) atoms. The van der Waals surface area contributed by atoms with Gasteiger partial charge in [-0.25, -0.2) is 9.97 Å². The van der Waals surface area contributed by atoms with Gasteiger partial charge in [0.1, 0.15) is 5.69 Å². The van der Waals surface area contributed by atoms with Crippen LogP contribution in [0.2, 0.25) is 0 Å². The maximum atomic E-state index is 12.6. The zero-order valence-corrected chi connectivity index (χ0v) is 16.3. The number of nitrogens with zero attached hydrogens (tertiary/aromatic N) is 4. The number of rotatable bonds is 5. The van der Waals surface area contributed by atoms with Crippen molar-refractivity contribution in [3.8, 4) is 5.69 Å². The number of fused-ring (bicyclic) bond motifs is 1. The monoisotopic (exact) mass is 375 g/mol. The van der Waals surface area contributed by atoms with Crippen LogP contribution >= 0.6 is 0 Å². The molecule has 2 aromatic heterocycles. The molecule has 3 heterocycles. The first-order valence-electron chi connectivity index (χ1n) is 9.57. The smallest absolute Gasteiger partial charge is 0.269 e. The first-order chi connectivity index (χ1) is 13.5. The van der Waals surface area contributed by atoms with Crippen molar-refractivity contribution >= 4 is 5.91 Å². The molecule has 6 nitrogen and oxygen atoms in total. The molecule has 1 amide bonds. The second-order valence-electron chi connectivity index (χ2n) is 7.81. The number of carbonyl (C=O) groups is 1. The molecule has 6 heteroatoms. The number of aromatic nitrogens is 3. The van der Waals surface area contributed by atoms with Crippen molar-refractivity contribution in [3.05, 3.63) is 78.1 Å². The molecule has 0 fully saturated rings. The van der Waals surface area contributed by atoms with Crippen LogP contribution in [0.15, 0.2) is 61.3 Å². The number of hydrogen-bond acceptors (Lipinski definition) is 4. The summed E-state index contributed by atoms with van der Waals surface area (Å²) >= 11 is 0. The van der Waals surface area contributed by atoms with Gasteiger partial charge in [-0.05, 0) is 43.5 Å². The van der Waals surface area contributed by atoms with E-state index in [1.807, 2.05) is 16.8 Å². The van der Waals surface area contributed by atoms with Gasteiger partial charge in [-0.3, -0.25) is 9.69 Å². The quantitative estimate of drug-likeness (QED) is 0.745. The zero-order valence-electron chi connectivity index (χ0n) is 16.3. The van der Waals surface area contributed by atoms with E-state index < -0.39 is 0 Å². The van der Waals surface area contributed by atoms with Gasteiger partial charge in [-0.2, -0.15) is 0 Å². The number of imidazole rings is 1. The summed E-state index contributed by atoms with van der Waals surface area (Å²) in [7, 11) is 0. The Morgan fingerprint density at radius 2 is 2.00 bits per heavy atom. The third kappa shape index (κ3) is 3.82. The topological polar surface area (TPSA) is 63.1 Å². The van der Waals surface area contributed by atoms with E-state index >= 15 is 0 Å². The molecule has 0 saturated carbocycles. The number of hydrogen-bond donors (Lipinski definition) is 1. The maximum absolute atomic E-state index is 12.6. The summed E-state index contributed by atoms with van der Waals surface area (Å²) in [6.07, 6.45) is 7.99. The van der Waals surface area contributed by atoms with E-state index in [4.69, 9.17) is 0 Å². The molecule has 0 aliphatic carbocycles. The Kier molecular flexibility index (Phi) is 4.96. The Morgan fingerprint density at radius 3 is 2.71 bits per heavy atom. The lowest BCUT2D eigenvalue weighted by Crippen LogP contribution is -2.53. The van der Waals surface area contributed by atoms with E-state index in [1.165, 1.54) is 11.1 Å². The number of nitrogens with one attached hydrogen (secondary N) is 1. The average Bonchev–Trinajstić information content (AvgIpc) is 3.27. The Morgan fingerprint density at radius 1 is 1.18 bits per heavy atom. The van der Waals surface area contributed by atoms with E-state index in [1.54, 1.807) is 24.8 Å². The Balaban J connectivity index is 1.37. The van der Waals surface area contributed by atoms with Crippen LogP contribution in [0.25, 0.3) is 5.69 Å². The minimum atomic E-state index is -0.150. The number of pyridine rings is 1. The van der Waals surface area contributed by atoms with Gasteiger partial charge in [-0.1, -0.05) is 24.3 Å². The lowest BCUT2D eigenvalue weighted by atomic mass is 9.94. The van der Waals surface area contributed by atoms with Crippen molar-refractivity contribution in [1.29, 1.82) is 0 Å². The minimum Gasteiger partial charge on any atom is -0.349 e. The largest absolute Gasteiger partial charge is 0.349 e. The molecule has 0 unspecified atom stereocenters. The van der Waals surface area contributed by atoms with Crippen molar-refractivity contribution in [2.75, 3.05) is 13.1 Å². The highest BCUT2D eigenvalue weighted by Gasteiger charge is 2.30. The van der Waals surface area contributed by atoms with Crippen LogP contribution in [0.5, 0.6) is 0 Å². The van der Waals surface area contributed by atoms with Gasteiger partial charge >= 0.3 is 0 Å². The van der Waals surface area contributed by atoms with Crippen molar-refractivity contribution in [1.82, 2.24) is 24.8 Å². The Bertz CT molecular complexity index is 947. The van der Waals surface area contributed by atoms with Crippen LogP contribution in [0.1, 0.15) is 35.5 Å². The first-order valence-corrected chi connectivity index (χ1v) is 9.57. The van der Waals surface area contributed by atoms with Crippen LogP contribution in [0, 0.1) is 0 Å². The second-order valence-corrected chi connectivity index (χ2v) is 7.81. The van der Waals surface area contributed by atoms with Gasteiger partial charge in [0.2, 0.25) is 0 Å². The molecule has 3 aromatic rings. The van der Waals surface area contributed by atoms with Crippen LogP contribution in [-0.4, -0.2) is 44.0 Å². The SMILES string of the molecule is CC(C)(CNC(=O)c1ccc(-n2ccnc2)cn1)N1CCc2ccccc2C1. The van der Waals surface area contributed by atoms with Crippen LogP contribution < -0.4 is 5.32 Å². The van der Waals surface area contributed by atoms with Gasteiger partial charge in [0.05, 0.1) is 18.2 Å². The minimum absolute atomic E-state index is 0.139. The number of carbonyl (C=O) groups excluding carboxylic acids is 1. The summed E-state index contributed by atoms with van der Waals surface area (Å²) in [6.45, 7) is 6.83. The van der Waals surface area contributed by atoms with E-state index in [9.17, 15) is 4.79 Å². The molecule has 1 N–H and O–H groups in total. The van der Waals surface area contributed by atoms with Crippen molar-refractivity contribution in [2.45, 2.75) is 32.4 Å². The fourth-order valence-corrected chi connectivity index (χ4v) is 3.60. The molecule has 0 atom stereocenters. The van der Waals surface area contributed by atoms with Gasteiger partial charge in [0.25, 0.3) is 5.91 Å². The Hall–Kier alpha value is -2.99. The highest BCUT2D eigenvalue weighted by molar-refractivity contribution is 5.92. The zero-order chi connectivity index (χ0) is 19.6. The molecule has 0 radical (unpaired) electrons. The average molecular weight is 375 g/mol. The molecule has 0 bridgehead atoms. The summed E-state index contributed by atoms with van der Waals surface area (Å²) in [5, 5.41) is 3.05. The second kappa shape index (κ2) is 7.56. The highest BCUT2D eigenvalue weighted by Crippen LogP contribution is 2.25. The predicted octanol–water partition coefficient (Wildman–Crippen LogP) is 2.83. The van der Waals surface area contributed by atoms with Gasteiger partial charge in [0, 0.05) is 37.6 Å². The molecular formula is C22H25N5O. The normalized spacial score (nSPS) is 14.5. The summed E-state index contributed by atoms with van der Waals surface area (Å²) < 4.78 is 1.85. The number of amides is 1. The van der Waals surface area contributed by atoms with Gasteiger partial charge in [0.15, 0.2) is 0 Å². The summed E-state index contributed by atoms with van der Waals surface area (Å²) in [4.78, 5) is 23.3. The Labute approximate surface area is 165 Å². The molecule has 1 aliphatic rings. The molecule has 1 aromatic carbocycles. The molecule has 1 aliphatic heterocycles. The van der Waals surface area contributed by atoms with E-state index in [-0.39, 0.29) is 11.4 Å². The summed E-state index contributed by atoms with van der Waals surface area (Å²) in [5.41, 5.74) is 3.97. The van der Waals surface area contributed by atoms with Crippen molar-refractivity contribution in [3.63, 3.8) is 0 Å². The number of benzene rings is 1. The van der Waals surface area contributed by atoms with Crippen LogP contribution in [0.4, 0.5) is 0 Å². The molecular weight excluding hydrogens is 350 g/mol. The molecule has 144 valence electrons. The third-order valence-electron chi connectivity index (χ3n) is 5.45. The standard InChI is InChI=1S/C22H25N5O/c1-22(2,27-11-9-17-5-3-4-6-18(17)14-27)15-25-21(28)20-8-7-19(13-24-20)26-12-10-23-16-26/h3-8,10,12-13,16H,9,11,14-15H2,1-2H3,(H,25,28). The van der Waals surface area contributed by atoms with E-state index in [2.05, 4.69) is 58.3 Å². The summed E-state index contributed by atoms with van der Waals surface area (Å²) in [5.74, 6) is -0.150. The fourth-order valence-electron chi connectivity index (χ4n) is 3.60. The van der Waals surface area contributed by atoms with Crippen molar-refractivity contribution in [2.24, 2.45) is 0 Å². The summed E-state index contributed by atoms with van der Waals surface area (Å²) in [6, 6.07) is 12.2. The van der Waals surface area contributed by atoms with E-state index in [0.717, 1.165) is 25.2 Å². The third-order valence-corrected chi connectivity index (χ3v) is 5.45. The van der Waals surface area contributed by atoms with Crippen LogP contribution in [-0.2, 0) is 13.0 Å². The lowest BCUT2D eigenvalue weighted by molar-refractivity contribution is 0.0822. The first kappa shape index (κ1) is 18.4. The molecule has 4 rings (SSSR count).